The number of carbonyl (C=O) groups is 1. The van der Waals surface area contributed by atoms with E-state index in [1.54, 1.807) is 72.8 Å². The average molecular weight is 424 g/mol. The van der Waals surface area contributed by atoms with Crippen LogP contribution in [0.25, 0.3) is 11.6 Å². The van der Waals surface area contributed by atoms with E-state index in [1.807, 2.05) is 6.07 Å². The van der Waals surface area contributed by atoms with Gasteiger partial charge in [-0.1, -0.05) is 59.6 Å². The van der Waals surface area contributed by atoms with E-state index in [1.165, 1.54) is 0 Å². The Morgan fingerprint density at radius 2 is 1.76 bits per heavy atom. The third-order valence-electron chi connectivity index (χ3n) is 3.86. The zero-order chi connectivity index (χ0) is 20.6. The van der Waals surface area contributed by atoms with Crippen LogP contribution in [0.3, 0.4) is 0 Å². The van der Waals surface area contributed by atoms with E-state index in [0.717, 1.165) is 5.56 Å². The third-order valence-corrected chi connectivity index (χ3v) is 4.42. The minimum atomic E-state index is -0.566. The van der Waals surface area contributed by atoms with Gasteiger partial charge in [-0.15, -0.1) is 0 Å². The van der Waals surface area contributed by atoms with Crippen molar-refractivity contribution in [2.24, 2.45) is 0 Å². The minimum absolute atomic E-state index is 0.280. The zero-order valence-corrected chi connectivity index (χ0v) is 16.7. The molecule has 0 bridgehead atoms. The molecule has 0 unspecified atom stereocenters. The van der Waals surface area contributed by atoms with Crippen LogP contribution in [0.1, 0.15) is 11.1 Å². The molecule has 0 heterocycles. The van der Waals surface area contributed by atoms with Crippen molar-refractivity contribution in [2.45, 2.75) is 0 Å². The molecule has 3 aromatic carbocycles. The predicted molar refractivity (Wildman–Crippen MR) is 114 cm³/mol. The number of para-hydroxylation sites is 1. The van der Waals surface area contributed by atoms with Crippen LogP contribution in [0.5, 0.6) is 11.5 Å². The highest BCUT2D eigenvalue weighted by atomic mass is 35.5. The van der Waals surface area contributed by atoms with Crippen LogP contribution in [0.15, 0.2) is 72.8 Å². The number of nitriles is 1. The van der Waals surface area contributed by atoms with E-state index in [9.17, 15) is 10.1 Å². The lowest BCUT2D eigenvalue weighted by Gasteiger charge is -2.08. The van der Waals surface area contributed by atoms with Gasteiger partial charge in [0.2, 0.25) is 0 Å². The van der Waals surface area contributed by atoms with Gasteiger partial charge in [-0.25, -0.2) is 4.79 Å². The molecule has 0 aromatic heterocycles. The maximum atomic E-state index is 12.1. The summed E-state index contributed by atoms with van der Waals surface area (Å²) >= 11 is 11.9. The van der Waals surface area contributed by atoms with Crippen molar-refractivity contribution in [1.82, 2.24) is 0 Å². The monoisotopic (exact) mass is 423 g/mol. The second kappa shape index (κ2) is 9.79. The van der Waals surface area contributed by atoms with Crippen molar-refractivity contribution in [3.8, 4) is 17.6 Å². The average Bonchev–Trinajstić information content (AvgIpc) is 2.72. The molecule has 3 aromatic rings. The van der Waals surface area contributed by atoms with Crippen molar-refractivity contribution in [3.05, 3.63) is 94.0 Å². The molecular formula is C23H15Cl2NO3. The number of allylic oxidation sites excluding steroid dienone is 1. The fraction of sp³-hybridized carbons (Fsp3) is 0.0435. The Labute approximate surface area is 178 Å². The molecule has 0 N–H and O–H groups in total. The number of benzene rings is 3. The maximum absolute atomic E-state index is 12.1. The summed E-state index contributed by atoms with van der Waals surface area (Å²) in [5.74, 6) is 0.189. The number of carbonyl (C=O) groups excluding carboxylic acids is 1. The first kappa shape index (κ1) is 20.5. The molecule has 0 aliphatic heterocycles. The lowest BCUT2D eigenvalue weighted by atomic mass is 10.0. The van der Waals surface area contributed by atoms with Crippen LogP contribution in [-0.4, -0.2) is 12.6 Å². The summed E-state index contributed by atoms with van der Waals surface area (Å²) in [5.41, 5.74) is 1.92. The van der Waals surface area contributed by atoms with Gasteiger partial charge in [0.25, 0.3) is 0 Å². The molecule has 4 nitrogen and oxygen atoms in total. The maximum Gasteiger partial charge on any atom is 0.349 e. The van der Waals surface area contributed by atoms with E-state index < -0.39 is 5.97 Å². The standard InChI is InChI=1S/C23H15Cl2NO3/c24-19-10-8-17(9-11-19)18(14-26)12-16-4-3-5-20(13-16)29-23(27)15-28-22-7-2-1-6-21(22)25/h1-13H,15H2/b18-12-. The van der Waals surface area contributed by atoms with Crippen LogP contribution in [0.4, 0.5) is 0 Å². The first-order chi connectivity index (χ1) is 14.0. The fourth-order valence-corrected chi connectivity index (χ4v) is 2.82. The molecule has 0 aliphatic rings. The molecule has 0 aliphatic carbocycles. The van der Waals surface area contributed by atoms with Gasteiger partial charge in [-0.2, -0.15) is 5.26 Å². The smallest absolute Gasteiger partial charge is 0.349 e. The molecule has 0 atom stereocenters. The van der Waals surface area contributed by atoms with Crippen molar-refractivity contribution < 1.29 is 14.3 Å². The summed E-state index contributed by atoms with van der Waals surface area (Å²) < 4.78 is 10.7. The number of hydrogen-bond acceptors (Lipinski definition) is 4. The Hall–Kier alpha value is -3.26. The summed E-state index contributed by atoms with van der Waals surface area (Å²) in [6, 6.07) is 22.9. The topological polar surface area (TPSA) is 59.3 Å². The molecule has 0 saturated heterocycles. The van der Waals surface area contributed by atoms with Crippen LogP contribution in [0.2, 0.25) is 10.0 Å². The van der Waals surface area contributed by atoms with E-state index in [2.05, 4.69) is 6.07 Å². The summed E-state index contributed by atoms with van der Waals surface area (Å²) in [4.78, 5) is 12.1. The van der Waals surface area contributed by atoms with Crippen LogP contribution in [-0.2, 0) is 4.79 Å². The largest absolute Gasteiger partial charge is 0.480 e. The first-order valence-corrected chi connectivity index (χ1v) is 9.36. The quantitative estimate of drug-likeness (QED) is 0.209. The van der Waals surface area contributed by atoms with Crippen LogP contribution < -0.4 is 9.47 Å². The fourth-order valence-electron chi connectivity index (χ4n) is 2.50. The van der Waals surface area contributed by atoms with Crippen molar-refractivity contribution >= 4 is 40.8 Å². The van der Waals surface area contributed by atoms with E-state index >= 15 is 0 Å². The SMILES string of the molecule is N#C/C(=C/c1cccc(OC(=O)COc2ccccc2Cl)c1)c1ccc(Cl)cc1. The number of hydrogen-bond donors (Lipinski definition) is 0. The summed E-state index contributed by atoms with van der Waals surface area (Å²) in [6.07, 6.45) is 1.71. The van der Waals surface area contributed by atoms with Crippen molar-refractivity contribution in [1.29, 1.82) is 5.26 Å². The molecule has 0 amide bonds. The number of ether oxygens (including phenoxy) is 2. The number of esters is 1. The Balaban J connectivity index is 1.68. The molecule has 3 rings (SSSR count). The van der Waals surface area contributed by atoms with Crippen molar-refractivity contribution in [2.75, 3.05) is 6.61 Å². The minimum Gasteiger partial charge on any atom is -0.480 e. The van der Waals surface area contributed by atoms with Gasteiger partial charge in [0.05, 0.1) is 16.7 Å². The van der Waals surface area contributed by atoms with Gasteiger partial charge in [0.1, 0.15) is 11.5 Å². The normalized spacial score (nSPS) is 10.9. The van der Waals surface area contributed by atoms with Gasteiger partial charge < -0.3 is 9.47 Å². The third kappa shape index (κ3) is 5.86. The Morgan fingerprint density at radius 1 is 1.00 bits per heavy atom. The number of rotatable bonds is 6. The van der Waals surface area contributed by atoms with Crippen LogP contribution >= 0.6 is 23.2 Å². The summed E-state index contributed by atoms with van der Waals surface area (Å²) in [6.45, 7) is -0.280. The summed E-state index contributed by atoms with van der Waals surface area (Å²) in [7, 11) is 0. The Morgan fingerprint density at radius 3 is 2.48 bits per heavy atom. The molecule has 0 saturated carbocycles. The Bertz CT molecular complexity index is 1090. The number of halogens is 2. The van der Waals surface area contributed by atoms with Gasteiger partial charge in [-0.3, -0.25) is 0 Å². The highest BCUT2D eigenvalue weighted by Gasteiger charge is 2.09. The van der Waals surface area contributed by atoms with Gasteiger partial charge in [0, 0.05) is 5.02 Å². The molecule has 0 fully saturated rings. The second-order valence-corrected chi connectivity index (χ2v) is 6.79. The zero-order valence-electron chi connectivity index (χ0n) is 15.1. The second-order valence-electron chi connectivity index (χ2n) is 5.94. The van der Waals surface area contributed by atoms with E-state index in [4.69, 9.17) is 32.7 Å². The lowest BCUT2D eigenvalue weighted by molar-refractivity contribution is -0.136. The predicted octanol–water partition coefficient (Wildman–Crippen LogP) is 6.04. The Kier molecular flexibility index (Phi) is 6.91. The van der Waals surface area contributed by atoms with Gasteiger partial charge in [-0.05, 0) is 53.6 Å². The van der Waals surface area contributed by atoms with Gasteiger partial charge in [0.15, 0.2) is 6.61 Å². The van der Waals surface area contributed by atoms with Gasteiger partial charge >= 0.3 is 5.97 Å². The molecule has 6 heteroatoms. The first-order valence-electron chi connectivity index (χ1n) is 8.61. The van der Waals surface area contributed by atoms with E-state index in [-0.39, 0.29) is 6.61 Å². The molecule has 144 valence electrons. The molecule has 0 spiro atoms. The molecule has 0 radical (unpaired) electrons. The van der Waals surface area contributed by atoms with E-state index in [0.29, 0.717) is 32.7 Å². The summed E-state index contributed by atoms with van der Waals surface area (Å²) in [5, 5.41) is 10.5. The lowest BCUT2D eigenvalue weighted by Crippen LogP contribution is -2.17. The molecule has 29 heavy (non-hydrogen) atoms. The highest BCUT2D eigenvalue weighted by molar-refractivity contribution is 6.32. The highest BCUT2D eigenvalue weighted by Crippen LogP contribution is 2.24. The van der Waals surface area contributed by atoms with Crippen molar-refractivity contribution in [3.63, 3.8) is 0 Å². The number of nitrogens with zero attached hydrogens (tertiary/aromatic N) is 1. The van der Waals surface area contributed by atoms with Crippen LogP contribution in [0, 0.1) is 11.3 Å². The molecular weight excluding hydrogens is 409 g/mol.